The van der Waals surface area contributed by atoms with Crippen molar-refractivity contribution in [2.75, 3.05) is 25.7 Å². The number of benzene rings is 1. The first-order valence-electron chi connectivity index (χ1n) is 7.01. The zero-order valence-corrected chi connectivity index (χ0v) is 13.8. The first-order chi connectivity index (χ1) is 9.70. The van der Waals surface area contributed by atoms with Crippen molar-refractivity contribution in [2.24, 2.45) is 0 Å². The van der Waals surface area contributed by atoms with Gasteiger partial charge in [0.2, 0.25) is 0 Å². The topological polar surface area (TPSA) is 64.6 Å². The number of hydrogen-bond acceptors (Lipinski definition) is 5. The van der Waals surface area contributed by atoms with Gasteiger partial charge < -0.3 is 14.8 Å². The van der Waals surface area contributed by atoms with Crippen molar-refractivity contribution in [3.05, 3.63) is 23.8 Å². The van der Waals surface area contributed by atoms with E-state index in [4.69, 9.17) is 9.47 Å². The molecule has 1 atom stereocenters. The Balaban J connectivity index is 2.15. The Morgan fingerprint density at radius 1 is 1.43 bits per heavy atom. The third kappa shape index (κ3) is 4.35. The van der Waals surface area contributed by atoms with Crippen molar-refractivity contribution in [1.82, 2.24) is 5.32 Å². The van der Waals surface area contributed by atoms with Crippen LogP contribution in [0.15, 0.2) is 18.2 Å². The van der Waals surface area contributed by atoms with Gasteiger partial charge in [-0.05, 0) is 27.0 Å². The van der Waals surface area contributed by atoms with Crippen LogP contribution in [0.5, 0.6) is 11.5 Å². The van der Waals surface area contributed by atoms with Crippen LogP contribution >= 0.6 is 0 Å². The van der Waals surface area contributed by atoms with Crippen LogP contribution in [-0.2, 0) is 9.84 Å². The standard InChI is InChI=1S/C15H23NO4S/c1-15(2)10-13(16-3)12-6-5-11(9-14(12)20-15)19-7-8-21(4,17)18/h5-6,9,13,16H,7-8,10H2,1-4H3. The largest absolute Gasteiger partial charge is 0.492 e. The van der Waals surface area contributed by atoms with Gasteiger partial charge in [-0.25, -0.2) is 8.42 Å². The van der Waals surface area contributed by atoms with Crippen LogP contribution in [0.25, 0.3) is 0 Å². The summed E-state index contributed by atoms with van der Waals surface area (Å²) in [6.07, 6.45) is 2.09. The van der Waals surface area contributed by atoms with Gasteiger partial charge in [0.15, 0.2) is 9.84 Å². The third-order valence-electron chi connectivity index (χ3n) is 3.51. The second-order valence-corrected chi connectivity index (χ2v) is 8.34. The molecule has 6 heteroatoms. The molecule has 1 aromatic carbocycles. The highest BCUT2D eigenvalue weighted by Crippen LogP contribution is 2.40. The Bertz CT molecular complexity index is 610. The zero-order valence-electron chi connectivity index (χ0n) is 13.0. The number of hydrogen-bond donors (Lipinski definition) is 1. The van der Waals surface area contributed by atoms with Crippen molar-refractivity contribution in [1.29, 1.82) is 0 Å². The number of sulfone groups is 1. The summed E-state index contributed by atoms with van der Waals surface area (Å²) < 4.78 is 33.7. The molecule has 0 saturated heterocycles. The molecule has 2 rings (SSSR count). The van der Waals surface area contributed by atoms with Crippen LogP contribution in [0.3, 0.4) is 0 Å². The summed E-state index contributed by atoms with van der Waals surface area (Å²) in [6.45, 7) is 4.26. The van der Waals surface area contributed by atoms with E-state index in [2.05, 4.69) is 19.2 Å². The number of ether oxygens (including phenoxy) is 2. The fourth-order valence-electron chi connectivity index (χ4n) is 2.49. The minimum atomic E-state index is -3.01. The minimum Gasteiger partial charge on any atom is -0.492 e. The van der Waals surface area contributed by atoms with Crippen LogP contribution in [0.1, 0.15) is 31.9 Å². The maximum Gasteiger partial charge on any atom is 0.150 e. The van der Waals surface area contributed by atoms with E-state index in [0.29, 0.717) is 5.75 Å². The van der Waals surface area contributed by atoms with E-state index in [-0.39, 0.29) is 24.0 Å². The monoisotopic (exact) mass is 313 g/mol. The van der Waals surface area contributed by atoms with Crippen molar-refractivity contribution in [3.63, 3.8) is 0 Å². The molecule has 1 aliphatic rings. The van der Waals surface area contributed by atoms with Crippen LogP contribution < -0.4 is 14.8 Å². The Morgan fingerprint density at radius 3 is 2.76 bits per heavy atom. The van der Waals surface area contributed by atoms with Crippen LogP contribution in [0.2, 0.25) is 0 Å². The molecule has 0 fully saturated rings. The van der Waals surface area contributed by atoms with Gasteiger partial charge in [-0.3, -0.25) is 0 Å². The average Bonchev–Trinajstić information content (AvgIpc) is 2.34. The second kappa shape index (κ2) is 5.85. The number of rotatable bonds is 5. The average molecular weight is 313 g/mol. The smallest absolute Gasteiger partial charge is 0.150 e. The quantitative estimate of drug-likeness (QED) is 0.900. The molecular formula is C15H23NO4S. The van der Waals surface area contributed by atoms with Crippen molar-refractivity contribution >= 4 is 9.84 Å². The van der Waals surface area contributed by atoms with E-state index in [9.17, 15) is 8.42 Å². The number of fused-ring (bicyclic) bond motifs is 1. The Hall–Kier alpha value is -1.27. The molecule has 1 N–H and O–H groups in total. The van der Waals surface area contributed by atoms with Crippen molar-refractivity contribution in [2.45, 2.75) is 31.9 Å². The minimum absolute atomic E-state index is 0.00950. The summed E-state index contributed by atoms with van der Waals surface area (Å²) in [7, 11) is -1.07. The van der Waals surface area contributed by atoms with Crippen LogP contribution in [0.4, 0.5) is 0 Å². The predicted octanol–water partition coefficient (Wildman–Crippen LogP) is 1.93. The van der Waals surface area contributed by atoms with Gasteiger partial charge in [-0.2, -0.15) is 0 Å². The molecule has 1 aromatic rings. The molecule has 0 aromatic heterocycles. The predicted molar refractivity (Wildman–Crippen MR) is 82.8 cm³/mol. The number of nitrogens with one attached hydrogen (secondary N) is 1. The molecule has 1 unspecified atom stereocenters. The Morgan fingerprint density at radius 2 is 2.14 bits per heavy atom. The maximum atomic E-state index is 11.1. The van der Waals surface area contributed by atoms with Gasteiger partial charge in [-0.15, -0.1) is 0 Å². The molecule has 21 heavy (non-hydrogen) atoms. The van der Waals surface area contributed by atoms with Crippen LogP contribution in [-0.4, -0.2) is 39.7 Å². The molecule has 0 spiro atoms. The van der Waals surface area contributed by atoms with Gasteiger partial charge in [0.25, 0.3) is 0 Å². The Labute approximate surface area is 126 Å². The molecule has 1 aliphatic heterocycles. The highest BCUT2D eigenvalue weighted by Gasteiger charge is 2.33. The maximum absolute atomic E-state index is 11.1. The lowest BCUT2D eigenvalue weighted by atomic mass is 9.90. The molecule has 0 amide bonds. The summed E-state index contributed by atoms with van der Waals surface area (Å²) >= 11 is 0. The van der Waals surface area contributed by atoms with Gasteiger partial charge >= 0.3 is 0 Å². The van der Waals surface area contributed by atoms with Gasteiger partial charge in [0.1, 0.15) is 23.7 Å². The normalized spacial score (nSPS) is 20.5. The second-order valence-electron chi connectivity index (χ2n) is 6.09. The van der Waals surface area contributed by atoms with E-state index >= 15 is 0 Å². The fourth-order valence-corrected chi connectivity index (χ4v) is 2.88. The molecule has 0 radical (unpaired) electrons. The first kappa shape index (κ1) is 16.1. The van der Waals surface area contributed by atoms with E-state index in [0.717, 1.165) is 17.7 Å². The lowest BCUT2D eigenvalue weighted by molar-refractivity contribution is 0.0671. The Kier molecular flexibility index (Phi) is 4.49. The van der Waals surface area contributed by atoms with Crippen molar-refractivity contribution in [3.8, 4) is 11.5 Å². The van der Waals surface area contributed by atoms with E-state index < -0.39 is 9.84 Å². The summed E-state index contributed by atoms with van der Waals surface area (Å²) in [5.74, 6) is 1.43. The molecule has 5 nitrogen and oxygen atoms in total. The van der Waals surface area contributed by atoms with Crippen molar-refractivity contribution < 1.29 is 17.9 Å². The van der Waals surface area contributed by atoms with E-state index in [1.165, 1.54) is 6.26 Å². The molecule has 118 valence electrons. The third-order valence-corrected chi connectivity index (χ3v) is 4.42. The summed E-state index contributed by atoms with van der Waals surface area (Å²) in [4.78, 5) is 0. The lowest BCUT2D eigenvalue weighted by Crippen LogP contribution is -2.38. The summed E-state index contributed by atoms with van der Waals surface area (Å²) in [5.41, 5.74) is 0.860. The van der Waals surface area contributed by atoms with E-state index in [1.807, 2.05) is 25.2 Å². The SMILES string of the molecule is CNC1CC(C)(C)Oc2cc(OCCS(C)(=O)=O)ccc21. The first-order valence-corrected chi connectivity index (χ1v) is 9.07. The molecule has 0 bridgehead atoms. The van der Waals surface area contributed by atoms with E-state index in [1.54, 1.807) is 0 Å². The molecule has 0 saturated carbocycles. The molecular weight excluding hydrogens is 290 g/mol. The summed E-state index contributed by atoms with van der Waals surface area (Å²) in [6, 6.07) is 5.91. The molecule has 0 aliphatic carbocycles. The van der Waals surface area contributed by atoms with Gasteiger partial charge in [0, 0.05) is 30.3 Å². The highest BCUT2D eigenvalue weighted by atomic mass is 32.2. The van der Waals surface area contributed by atoms with Gasteiger partial charge in [-0.1, -0.05) is 6.07 Å². The molecule has 1 heterocycles. The van der Waals surface area contributed by atoms with Gasteiger partial charge in [0.05, 0.1) is 5.75 Å². The summed E-state index contributed by atoms with van der Waals surface area (Å²) in [5, 5.41) is 3.30. The highest BCUT2D eigenvalue weighted by molar-refractivity contribution is 7.90. The fraction of sp³-hybridized carbons (Fsp3) is 0.600. The zero-order chi connectivity index (χ0) is 15.7. The lowest BCUT2D eigenvalue weighted by Gasteiger charge is -2.37. The van der Waals surface area contributed by atoms with Crippen LogP contribution in [0, 0.1) is 0 Å².